The Balaban J connectivity index is 2.47. The maximum atomic E-state index is 11.6. The standard InChI is InChI=1S/C11H17NO4/c1-2-3-4-9(11(14)15)12-10(13)8-5-6-16-7-8/h7,9H,2-6H2,1H3,(H,12,13)(H,14,15). The van der Waals surface area contributed by atoms with Gasteiger partial charge in [0.15, 0.2) is 0 Å². The normalized spacial score (nSPS) is 16.2. The zero-order valence-electron chi connectivity index (χ0n) is 9.36. The van der Waals surface area contributed by atoms with E-state index in [-0.39, 0.29) is 5.91 Å². The van der Waals surface area contributed by atoms with E-state index in [9.17, 15) is 9.59 Å². The number of nitrogens with one attached hydrogen (secondary N) is 1. The Bertz CT molecular complexity index is 298. The summed E-state index contributed by atoms with van der Waals surface area (Å²) < 4.78 is 4.93. The first-order valence-corrected chi connectivity index (χ1v) is 5.49. The SMILES string of the molecule is CCCCC(NC(=O)C1=COCC1)C(=O)O. The first kappa shape index (κ1) is 12.5. The van der Waals surface area contributed by atoms with E-state index in [0.29, 0.717) is 25.0 Å². The summed E-state index contributed by atoms with van der Waals surface area (Å²) >= 11 is 0. The smallest absolute Gasteiger partial charge is 0.326 e. The van der Waals surface area contributed by atoms with Gasteiger partial charge in [0.05, 0.1) is 18.4 Å². The van der Waals surface area contributed by atoms with Gasteiger partial charge in [-0.25, -0.2) is 4.79 Å². The molecule has 0 saturated heterocycles. The first-order chi connectivity index (χ1) is 7.65. The van der Waals surface area contributed by atoms with Gasteiger partial charge in [-0.1, -0.05) is 19.8 Å². The molecule has 5 nitrogen and oxygen atoms in total. The predicted octanol–water partition coefficient (Wildman–Crippen LogP) is 1.05. The van der Waals surface area contributed by atoms with E-state index in [1.54, 1.807) is 0 Å². The summed E-state index contributed by atoms with van der Waals surface area (Å²) in [4.78, 5) is 22.5. The van der Waals surface area contributed by atoms with E-state index < -0.39 is 12.0 Å². The Morgan fingerprint density at radius 2 is 2.38 bits per heavy atom. The molecule has 0 radical (unpaired) electrons. The number of ether oxygens (including phenoxy) is 1. The second-order valence-electron chi connectivity index (χ2n) is 3.77. The zero-order valence-corrected chi connectivity index (χ0v) is 9.36. The molecular formula is C11H17NO4. The molecule has 1 unspecified atom stereocenters. The molecule has 1 atom stereocenters. The average molecular weight is 227 g/mol. The number of amides is 1. The summed E-state index contributed by atoms with van der Waals surface area (Å²) in [7, 11) is 0. The average Bonchev–Trinajstić information content (AvgIpc) is 2.76. The number of rotatable bonds is 6. The van der Waals surface area contributed by atoms with Crippen LogP contribution in [0, 0.1) is 0 Å². The van der Waals surface area contributed by atoms with Crippen molar-refractivity contribution in [2.75, 3.05) is 6.61 Å². The quantitative estimate of drug-likeness (QED) is 0.711. The molecule has 90 valence electrons. The van der Waals surface area contributed by atoms with Gasteiger partial charge < -0.3 is 15.2 Å². The van der Waals surface area contributed by atoms with E-state index in [2.05, 4.69) is 5.32 Å². The molecule has 16 heavy (non-hydrogen) atoms. The van der Waals surface area contributed by atoms with Crippen LogP contribution in [0.4, 0.5) is 0 Å². The van der Waals surface area contributed by atoms with Crippen LogP contribution in [-0.2, 0) is 14.3 Å². The Kier molecular flexibility index (Phi) is 4.82. The summed E-state index contributed by atoms with van der Waals surface area (Å²) in [6.45, 7) is 2.48. The molecule has 0 bridgehead atoms. The fourth-order valence-electron chi connectivity index (χ4n) is 1.47. The van der Waals surface area contributed by atoms with Gasteiger partial charge in [0.1, 0.15) is 6.04 Å². The Morgan fingerprint density at radius 3 is 2.88 bits per heavy atom. The molecule has 0 spiro atoms. The molecule has 1 aliphatic heterocycles. The molecule has 1 rings (SSSR count). The highest BCUT2D eigenvalue weighted by atomic mass is 16.5. The topological polar surface area (TPSA) is 75.6 Å². The van der Waals surface area contributed by atoms with Crippen LogP contribution < -0.4 is 5.32 Å². The third kappa shape index (κ3) is 3.56. The number of carboxylic acids is 1. The van der Waals surface area contributed by atoms with Crippen molar-refractivity contribution in [3.8, 4) is 0 Å². The number of hydrogen-bond donors (Lipinski definition) is 2. The maximum Gasteiger partial charge on any atom is 0.326 e. The van der Waals surface area contributed by atoms with Crippen molar-refractivity contribution in [2.24, 2.45) is 0 Å². The van der Waals surface area contributed by atoms with Crippen LogP contribution in [0.1, 0.15) is 32.6 Å². The van der Waals surface area contributed by atoms with Gasteiger partial charge in [0.25, 0.3) is 5.91 Å². The summed E-state index contributed by atoms with van der Waals surface area (Å²) in [6, 6.07) is -0.797. The second kappa shape index (κ2) is 6.15. The monoisotopic (exact) mass is 227 g/mol. The minimum atomic E-state index is -0.985. The highest BCUT2D eigenvalue weighted by molar-refractivity contribution is 5.95. The van der Waals surface area contributed by atoms with Gasteiger partial charge in [0.2, 0.25) is 0 Å². The summed E-state index contributed by atoms with van der Waals surface area (Å²) in [5.74, 6) is -1.32. The number of carbonyl (C=O) groups excluding carboxylic acids is 1. The highest BCUT2D eigenvalue weighted by Crippen LogP contribution is 2.11. The van der Waals surface area contributed by atoms with E-state index in [4.69, 9.17) is 9.84 Å². The maximum absolute atomic E-state index is 11.6. The van der Waals surface area contributed by atoms with Crippen LogP contribution >= 0.6 is 0 Å². The van der Waals surface area contributed by atoms with Gasteiger partial charge in [-0.2, -0.15) is 0 Å². The summed E-state index contributed by atoms with van der Waals surface area (Å²) in [5, 5.41) is 11.4. The van der Waals surface area contributed by atoms with Crippen LogP contribution in [0.25, 0.3) is 0 Å². The minimum Gasteiger partial charge on any atom is -0.500 e. The fraction of sp³-hybridized carbons (Fsp3) is 0.636. The molecule has 0 aromatic rings. The largest absolute Gasteiger partial charge is 0.500 e. The van der Waals surface area contributed by atoms with E-state index in [1.807, 2.05) is 6.92 Å². The van der Waals surface area contributed by atoms with Crippen LogP contribution in [0.5, 0.6) is 0 Å². The lowest BCUT2D eigenvalue weighted by atomic mass is 10.1. The number of carbonyl (C=O) groups is 2. The van der Waals surface area contributed by atoms with Gasteiger partial charge >= 0.3 is 5.97 Å². The molecule has 2 N–H and O–H groups in total. The first-order valence-electron chi connectivity index (χ1n) is 5.49. The van der Waals surface area contributed by atoms with Crippen molar-refractivity contribution in [3.05, 3.63) is 11.8 Å². The molecule has 1 amide bonds. The van der Waals surface area contributed by atoms with Crippen molar-refractivity contribution >= 4 is 11.9 Å². The van der Waals surface area contributed by atoms with Gasteiger partial charge in [-0.15, -0.1) is 0 Å². The molecule has 5 heteroatoms. The van der Waals surface area contributed by atoms with E-state index in [0.717, 1.165) is 12.8 Å². The second-order valence-corrected chi connectivity index (χ2v) is 3.77. The van der Waals surface area contributed by atoms with Crippen LogP contribution in [0.2, 0.25) is 0 Å². The van der Waals surface area contributed by atoms with Crippen molar-refractivity contribution in [3.63, 3.8) is 0 Å². The molecule has 0 aromatic heterocycles. The van der Waals surface area contributed by atoms with Crippen LogP contribution in [0.3, 0.4) is 0 Å². The minimum absolute atomic E-state index is 0.332. The Hall–Kier alpha value is -1.52. The fourth-order valence-corrected chi connectivity index (χ4v) is 1.47. The summed E-state index contributed by atoms with van der Waals surface area (Å²) in [6.07, 6.45) is 4.10. The number of carboxylic acid groups (broad SMARTS) is 1. The number of aliphatic carboxylic acids is 1. The van der Waals surface area contributed by atoms with Gasteiger partial charge in [0, 0.05) is 6.42 Å². The molecule has 0 fully saturated rings. The lowest BCUT2D eigenvalue weighted by Gasteiger charge is -2.13. The zero-order chi connectivity index (χ0) is 12.0. The number of unbranched alkanes of at least 4 members (excludes halogenated alkanes) is 1. The molecule has 0 aromatic carbocycles. The summed E-state index contributed by atoms with van der Waals surface area (Å²) in [5.41, 5.74) is 0.516. The predicted molar refractivity (Wildman–Crippen MR) is 57.7 cm³/mol. The molecular weight excluding hydrogens is 210 g/mol. The molecule has 0 aliphatic carbocycles. The Morgan fingerprint density at radius 1 is 1.62 bits per heavy atom. The van der Waals surface area contributed by atoms with Crippen LogP contribution in [-0.4, -0.2) is 29.6 Å². The van der Waals surface area contributed by atoms with E-state index >= 15 is 0 Å². The highest BCUT2D eigenvalue weighted by Gasteiger charge is 2.22. The van der Waals surface area contributed by atoms with Crippen molar-refractivity contribution in [2.45, 2.75) is 38.6 Å². The van der Waals surface area contributed by atoms with Crippen molar-refractivity contribution in [1.82, 2.24) is 5.32 Å². The third-order valence-corrected chi connectivity index (χ3v) is 2.46. The third-order valence-electron chi connectivity index (χ3n) is 2.46. The lowest BCUT2D eigenvalue weighted by molar-refractivity contribution is -0.141. The molecule has 1 heterocycles. The number of hydrogen-bond acceptors (Lipinski definition) is 3. The molecule has 1 aliphatic rings. The van der Waals surface area contributed by atoms with Gasteiger partial charge in [-0.05, 0) is 6.42 Å². The van der Waals surface area contributed by atoms with Crippen LogP contribution in [0.15, 0.2) is 11.8 Å². The van der Waals surface area contributed by atoms with E-state index in [1.165, 1.54) is 6.26 Å². The van der Waals surface area contributed by atoms with Gasteiger partial charge in [-0.3, -0.25) is 4.79 Å². The lowest BCUT2D eigenvalue weighted by Crippen LogP contribution is -2.41. The van der Waals surface area contributed by atoms with Crippen molar-refractivity contribution in [1.29, 1.82) is 0 Å². The van der Waals surface area contributed by atoms with Crippen molar-refractivity contribution < 1.29 is 19.4 Å². The molecule has 0 saturated carbocycles. The Labute approximate surface area is 94.5 Å².